The Balaban J connectivity index is 1.67. The summed E-state index contributed by atoms with van der Waals surface area (Å²) in [6.45, 7) is 5.16. The summed E-state index contributed by atoms with van der Waals surface area (Å²) in [5.41, 5.74) is 1.04. The number of aryl methyl sites for hydroxylation is 1. The van der Waals surface area contributed by atoms with E-state index >= 15 is 0 Å². The summed E-state index contributed by atoms with van der Waals surface area (Å²) in [6.07, 6.45) is 3.25. The van der Waals surface area contributed by atoms with Gasteiger partial charge in [0, 0.05) is 25.7 Å². The lowest BCUT2D eigenvalue weighted by atomic mass is 9.77. The van der Waals surface area contributed by atoms with Crippen LogP contribution in [0.1, 0.15) is 49.2 Å². The summed E-state index contributed by atoms with van der Waals surface area (Å²) in [6, 6.07) is 8.83. The van der Waals surface area contributed by atoms with Crippen molar-refractivity contribution in [3.63, 3.8) is 0 Å². The Hall–Kier alpha value is -2.83. The number of nitrogens with zero attached hydrogens (tertiary/aromatic N) is 3. The number of fused-ring (bicyclic) bond motifs is 1. The number of hydrogen-bond donors (Lipinski definition) is 0. The Kier molecular flexibility index (Phi) is 5.30. The molecule has 2 aliphatic rings. The molecule has 2 heterocycles. The van der Waals surface area contributed by atoms with Crippen molar-refractivity contribution in [1.29, 1.82) is 0 Å². The maximum atomic E-state index is 13.5. The lowest BCUT2D eigenvalue weighted by Crippen LogP contribution is -2.47. The van der Waals surface area contributed by atoms with E-state index in [4.69, 9.17) is 9.47 Å². The third-order valence-corrected chi connectivity index (χ3v) is 6.29. The van der Waals surface area contributed by atoms with Gasteiger partial charge < -0.3 is 14.4 Å². The normalized spacial score (nSPS) is 23.1. The first-order chi connectivity index (χ1) is 13.9. The molecule has 0 bridgehead atoms. The number of hydrogen-bond acceptors (Lipinski definition) is 5. The van der Waals surface area contributed by atoms with Crippen LogP contribution in [-0.2, 0) is 13.6 Å². The van der Waals surface area contributed by atoms with Gasteiger partial charge in [0.1, 0.15) is 5.69 Å². The van der Waals surface area contributed by atoms with Crippen molar-refractivity contribution in [1.82, 2.24) is 14.7 Å². The van der Waals surface area contributed by atoms with Crippen LogP contribution in [0.5, 0.6) is 11.5 Å². The lowest BCUT2D eigenvalue weighted by Gasteiger charge is -2.41. The highest BCUT2D eigenvalue weighted by Crippen LogP contribution is 2.36. The van der Waals surface area contributed by atoms with Crippen LogP contribution >= 0.6 is 0 Å². The molecular weight excluding hydrogens is 370 g/mol. The van der Waals surface area contributed by atoms with Crippen molar-refractivity contribution in [3.8, 4) is 11.5 Å². The van der Waals surface area contributed by atoms with Gasteiger partial charge in [0.25, 0.3) is 11.5 Å². The van der Waals surface area contributed by atoms with Crippen molar-refractivity contribution in [2.45, 2.75) is 45.7 Å². The second-order valence-corrected chi connectivity index (χ2v) is 8.14. The van der Waals surface area contributed by atoms with E-state index in [2.05, 4.69) is 18.9 Å². The molecular formula is C22H27N3O4. The number of aromatic nitrogens is 2. The Morgan fingerprint density at radius 2 is 1.97 bits per heavy atom. The van der Waals surface area contributed by atoms with E-state index in [9.17, 15) is 9.59 Å². The van der Waals surface area contributed by atoms with E-state index in [1.165, 1.54) is 23.2 Å². The molecule has 1 aromatic heterocycles. The summed E-state index contributed by atoms with van der Waals surface area (Å²) in [5, 5.41) is 4.20. The summed E-state index contributed by atoms with van der Waals surface area (Å²) in [4.78, 5) is 27.1. The first-order valence-electron chi connectivity index (χ1n) is 10.2. The maximum absolute atomic E-state index is 13.5. The molecule has 1 aromatic carbocycles. The summed E-state index contributed by atoms with van der Waals surface area (Å²) >= 11 is 0. The van der Waals surface area contributed by atoms with E-state index in [0.29, 0.717) is 29.8 Å². The van der Waals surface area contributed by atoms with Gasteiger partial charge in [-0.1, -0.05) is 32.8 Å². The molecule has 0 saturated heterocycles. The molecule has 1 aliphatic heterocycles. The van der Waals surface area contributed by atoms with E-state index in [-0.39, 0.29) is 24.3 Å². The number of benzene rings is 1. The van der Waals surface area contributed by atoms with Gasteiger partial charge in [-0.05, 0) is 42.0 Å². The van der Waals surface area contributed by atoms with Crippen LogP contribution in [0.25, 0.3) is 0 Å². The van der Waals surface area contributed by atoms with Gasteiger partial charge in [-0.2, -0.15) is 5.10 Å². The third-order valence-electron chi connectivity index (χ3n) is 6.29. The monoisotopic (exact) mass is 397 g/mol. The minimum atomic E-state index is -0.233. The van der Waals surface area contributed by atoms with Crippen molar-refractivity contribution >= 4 is 5.91 Å². The fourth-order valence-electron chi connectivity index (χ4n) is 4.33. The zero-order chi connectivity index (χ0) is 20.5. The van der Waals surface area contributed by atoms with Crippen LogP contribution in [0.3, 0.4) is 0 Å². The second-order valence-electron chi connectivity index (χ2n) is 8.14. The molecule has 0 unspecified atom stereocenters. The molecule has 1 fully saturated rings. The smallest absolute Gasteiger partial charge is 0.274 e. The van der Waals surface area contributed by atoms with Gasteiger partial charge in [0.15, 0.2) is 11.5 Å². The summed E-state index contributed by atoms with van der Waals surface area (Å²) in [7, 11) is 1.56. The summed E-state index contributed by atoms with van der Waals surface area (Å²) in [5.74, 6) is 2.22. The molecule has 4 rings (SSSR count). The number of carbonyl (C=O) groups excluding carboxylic acids is 1. The van der Waals surface area contributed by atoms with Crippen molar-refractivity contribution in [2.24, 2.45) is 18.9 Å². The molecule has 0 N–H and O–H groups in total. The predicted molar refractivity (Wildman–Crippen MR) is 108 cm³/mol. The average molecular weight is 397 g/mol. The van der Waals surface area contributed by atoms with Gasteiger partial charge in [-0.25, -0.2) is 4.68 Å². The lowest BCUT2D eigenvalue weighted by molar-refractivity contribution is 0.0441. The molecule has 1 amide bonds. The van der Waals surface area contributed by atoms with Crippen LogP contribution in [0.15, 0.2) is 35.1 Å². The van der Waals surface area contributed by atoms with Gasteiger partial charge in [-0.15, -0.1) is 0 Å². The Bertz CT molecular complexity index is 971. The number of rotatable bonds is 4. The fraction of sp³-hybridized carbons (Fsp3) is 0.500. The molecule has 0 radical (unpaired) electrons. The Labute approximate surface area is 170 Å². The average Bonchev–Trinajstić information content (AvgIpc) is 3.18. The van der Waals surface area contributed by atoms with Crippen molar-refractivity contribution in [3.05, 3.63) is 51.9 Å². The summed E-state index contributed by atoms with van der Waals surface area (Å²) < 4.78 is 12.1. The number of ether oxygens (including phenoxy) is 2. The minimum absolute atomic E-state index is 0.121. The van der Waals surface area contributed by atoms with E-state index in [1.54, 1.807) is 7.05 Å². The van der Waals surface area contributed by atoms with Crippen LogP contribution in [0.4, 0.5) is 0 Å². The highest BCUT2D eigenvalue weighted by molar-refractivity contribution is 5.92. The highest BCUT2D eigenvalue weighted by atomic mass is 16.7. The number of carbonyl (C=O) groups is 1. The number of amides is 1. The molecule has 0 spiro atoms. The fourth-order valence-corrected chi connectivity index (χ4v) is 4.33. The first kappa shape index (κ1) is 19.5. The topological polar surface area (TPSA) is 73.7 Å². The standard InChI is InChI=1S/C22H27N3O4/c1-14-5-4-6-18(15(14)2)25(22(27)17-8-10-21(26)24(3)23-17)12-16-7-9-19-20(11-16)29-13-28-19/h7-11,14-15,18H,4-6,12-13H2,1-3H3/t14-,15+,18+/m1/s1. The maximum Gasteiger partial charge on any atom is 0.274 e. The van der Waals surface area contributed by atoms with Crippen LogP contribution in [-0.4, -0.2) is 33.4 Å². The molecule has 29 heavy (non-hydrogen) atoms. The third kappa shape index (κ3) is 3.86. The van der Waals surface area contributed by atoms with Crippen molar-refractivity contribution in [2.75, 3.05) is 6.79 Å². The van der Waals surface area contributed by atoms with Crippen LogP contribution in [0.2, 0.25) is 0 Å². The first-order valence-corrected chi connectivity index (χ1v) is 10.2. The zero-order valence-electron chi connectivity index (χ0n) is 17.1. The molecule has 1 aliphatic carbocycles. The molecule has 3 atom stereocenters. The predicted octanol–water partition coefficient (Wildman–Crippen LogP) is 2.98. The molecule has 2 aromatic rings. The van der Waals surface area contributed by atoms with E-state index in [1.807, 2.05) is 23.1 Å². The molecule has 154 valence electrons. The quantitative estimate of drug-likeness (QED) is 0.793. The van der Waals surface area contributed by atoms with E-state index < -0.39 is 0 Å². The van der Waals surface area contributed by atoms with Crippen molar-refractivity contribution < 1.29 is 14.3 Å². The van der Waals surface area contributed by atoms with Gasteiger partial charge in [0.05, 0.1) is 0 Å². The minimum Gasteiger partial charge on any atom is -0.454 e. The Morgan fingerprint density at radius 3 is 2.76 bits per heavy atom. The molecule has 1 saturated carbocycles. The Morgan fingerprint density at radius 1 is 1.17 bits per heavy atom. The van der Waals surface area contributed by atoms with Gasteiger partial charge in [0.2, 0.25) is 6.79 Å². The molecule has 7 nitrogen and oxygen atoms in total. The van der Waals surface area contributed by atoms with Gasteiger partial charge in [-0.3, -0.25) is 9.59 Å². The largest absolute Gasteiger partial charge is 0.454 e. The zero-order valence-corrected chi connectivity index (χ0v) is 17.1. The van der Waals surface area contributed by atoms with Crippen LogP contribution < -0.4 is 15.0 Å². The van der Waals surface area contributed by atoms with Crippen LogP contribution in [0, 0.1) is 11.8 Å². The highest BCUT2D eigenvalue weighted by Gasteiger charge is 2.35. The second kappa shape index (κ2) is 7.89. The van der Waals surface area contributed by atoms with Gasteiger partial charge >= 0.3 is 0 Å². The SMILES string of the molecule is C[C@H]1[C@H](C)CCC[C@@H]1N(Cc1ccc2c(c1)OCO2)C(=O)c1ccc(=O)n(C)n1. The molecule has 7 heteroatoms. The van der Waals surface area contributed by atoms with E-state index in [0.717, 1.165) is 24.2 Å².